The molecule has 0 unspecified atom stereocenters. The molecule has 2 aromatic rings. The van der Waals surface area contributed by atoms with E-state index in [4.69, 9.17) is 11.6 Å². The molecule has 1 heterocycles. The first-order valence-corrected chi connectivity index (χ1v) is 5.83. The second-order valence-electron chi connectivity index (χ2n) is 3.31. The fourth-order valence-corrected chi connectivity index (χ4v) is 1.75. The van der Waals surface area contributed by atoms with E-state index >= 15 is 0 Å². The van der Waals surface area contributed by atoms with Crippen LogP contribution in [0.2, 0.25) is 5.15 Å². The Bertz CT molecular complexity index is 516. The van der Waals surface area contributed by atoms with Crippen LogP contribution in [-0.2, 0) is 0 Å². The molecule has 5 heteroatoms. The summed E-state index contributed by atoms with van der Waals surface area (Å²) in [4.78, 5) is 7.88. The van der Waals surface area contributed by atoms with Gasteiger partial charge in [0.05, 0.1) is 0 Å². The average molecular weight is 299 g/mol. The molecule has 1 aromatic heterocycles. The first kappa shape index (κ1) is 11.4. The van der Waals surface area contributed by atoms with Crippen LogP contribution in [0.4, 0.5) is 11.5 Å². The molecule has 0 saturated heterocycles. The zero-order chi connectivity index (χ0) is 11.5. The van der Waals surface area contributed by atoms with Crippen LogP contribution < -0.4 is 5.32 Å². The molecular weight excluding hydrogens is 289 g/mol. The normalized spacial score (nSPS) is 10.2. The van der Waals surface area contributed by atoms with E-state index in [1.54, 1.807) is 6.07 Å². The highest BCUT2D eigenvalue weighted by Crippen LogP contribution is 2.23. The van der Waals surface area contributed by atoms with E-state index in [0.717, 1.165) is 10.2 Å². The molecule has 0 aliphatic rings. The van der Waals surface area contributed by atoms with Crippen LogP contribution in [0.15, 0.2) is 35.1 Å². The number of aromatic nitrogens is 2. The first-order chi connectivity index (χ1) is 7.65. The molecular formula is C11H9BrClN3. The summed E-state index contributed by atoms with van der Waals surface area (Å²) >= 11 is 9.24. The Labute approximate surface area is 107 Å². The SMILES string of the molecule is Cc1ccc(Nc2cc(Cl)ncn2)cc1Br. The number of aryl methyl sites for hydroxylation is 1. The molecule has 3 nitrogen and oxygen atoms in total. The Morgan fingerprint density at radius 2 is 2.06 bits per heavy atom. The summed E-state index contributed by atoms with van der Waals surface area (Å²) in [5.74, 6) is 0.677. The van der Waals surface area contributed by atoms with Gasteiger partial charge in [0.2, 0.25) is 0 Å². The van der Waals surface area contributed by atoms with Gasteiger partial charge in [-0.25, -0.2) is 9.97 Å². The summed E-state index contributed by atoms with van der Waals surface area (Å²) in [6, 6.07) is 7.67. The lowest BCUT2D eigenvalue weighted by atomic mass is 10.2. The zero-order valence-electron chi connectivity index (χ0n) is 8.54. The van der Waals surface area contributed by atoms with Crippen molar-refractivity contribution >= 4 is 39.0 Å². The van der Waals surface area contributed by atoms with Crippen molar-refractivity contribution in [3.8, 4) is 0 Å². The molecule has 0 fully saturated rings. The van der Waals surface area contributed by atoms with Crippen molar-refractivity contribution in [2.45, 2.75) is 6.92 Å². The minimum absolute atomic E-state index is 0.420. The van der Waals surface area contributed by atoms with Gasteiger partial charge in [0, 0.05) is 16.2 Å². The highest BCUT2D eigenvalue weighted by molar-refractivity contribution is 9.10. The van der Waals surface area contributed by atoms with Gasteiger partial charge in [0.1, 0.15) is 17.3 Å². The molecule has 1 aromatic carbocycles. The predicted octanol–water partition coefficient (Wildman–Crippen LogP) is 3.94. The van der Waals surface area contributed by atoms with Gasteiger partial charge in [-0.15, -0.1) is 0 Å². The first-order valence-electron chi connectivity index (χ1n) is 4.66. The van der Waals surface area contributed by atoms with Gasteiger partial charge in [-0.05, 0) is 24.6 Å². The molecule has 0 aliphatic heterocycles. The van der Waals surface area contributed by atoms with Gasteiger partial charge in [-0.3, -0.25) is 0 Å². The van der Waals surface area contributed by atoms with Gasteiger partial charge in [0.15, 0.2) is 0 Å². The second-order valence-corrected chi connectivity index (χ2v) is 4.56. The molecule has 0 bridgehead atoms. The number of rotatable bonds is 2. The Hall–Kier alpha value is -1.13. The summed E-state index contributed by atoms with van der Waals surface area (Å²) in [7, 11) is 0. The van der Waals surface area contributed by atoms with Gasteiger partial charge < -0.3 is 5.32 Å². The molecule has 0 spiro atoms. The van der Waals surface area contributed by atoms with E-state index in [-0.39, 0.29) is 0 Å². The Morgan fingerprint density at radius 3 is 2.75 bits per heavy atom. The van der Waals surface area contributed by atoms with Gasteiger partial charge in [0.25, 0.3) is 0 Å². The van der Waals surface area contributed by atoms with Gasteiger partial charge in [-0.1, -0.05) is 33.6 Å². The lowest BCUT2D eigenvalue weighted by Gasteiger charge is -2.06. The van der Waals surface area contributed by atoms with Crippen LogP contribution in [0.25, 0.3) is 0 Å². The quantitative estimate of drug-likeness (QED) is 0.853. The summed E-state index contributed by atoms with van der Waals surface area (Å²) in [5.41, 5.74) is 2.14. The lowest BCUT2D eigenvalue weighted by Crippen LogP contribution is -1.94. The van der Waals surface area contributed by atoms with Gasteiger partial charge >= 0.3 is 0 Å². The van der Waals surface area contributed by atoms with Crippen molar-refractivity contribution in [1.29, 1.82) is 0 Å². The molecule has 0 amide bonds. The summed E-state index contributed by atoms with van der Waals surface area (Å²) in [5, 5.41) is 3.57. The Morgan fingerprint density at radius 1 is 1.25 bits per heavy atom. The van der Waals surface area contributed by atoms with Crippen molar-refractivity contribution in [3.05, 3.63) is 45.8 Å². The van der Waals surface area contributed by atoms with Crippen molar-refractivity contribution in [3.63, 3.8) is 0 Å². The molecule has 0 atom stereocenters. The van der Waals surface area contributed by atoms with E-state index in [0.29, 0.717) is 11.0 Å². The fourth-order valence-electron chi connectivity index (χ4n) is 1.22. The van der Waals surface area contributed by atoms with E-state index < -0.39 is 0 Å². The molecule has 0 saturated carbocycles. The highest BCUT2D eigenvalue weighted by Gasteiger charge is 2.00. The lowest BCUT2D eigenvalue weighted by molar-refractivity contribution is 1.17. The summed E-state index contributed by atoms with van der Waals surface area (Å²) < 4.78 is 1.05. The van der Waals surface area contributed by atoms with Crippen LogP contribution in [-0.4, -0.2) is 9.97 Å². The summed E-state index contributed by atoms with van der Waals surface area (Å²) in [6.45, 7) is 2.04. The van der Waals surface area contributed by atoms with Gasteiger partial charge in [-0.2, -0.15) is 0 Å². The molecule has 2 rings (SSSR count). The molecule has 0 aliphatic carbocycles. The zero-order valence-corrected chi connectivity index (χ0v) is 10.9. The third-order valence-corrected chi connectivity index (χ3v) is 3.14. The summed E-state index contributed by atoms with van der Waals surface area (Å²) in [6.07, 6.45) is 1.42. The van der Waals surface area contributed by atoms with E-state index in [1.807, 2.05) is 25.1 Å². The maximum atomic E-state index is 5.77. The molecule has 0 radical (unpaired) electrons. The van der Waals surface area contributed by atoms with E-state index in [1.165, 1.54) is 11.9 Å². The number of hydrogen-bond donors (Lipinski definition) is 1. The smallest absolute Gasteiger partial charge is 0.135 e. The van der Waals surface area contributed by atoms with Crippen LogP contribution in [0.3, 0.4) is 0 Å². The molecule has 1 N–H and O–H groups in total. The van der Waals surface area contributed by atoms with Crippen molar-refractivity contribution in [2.24, 2.45) is 0 Å². The maximum absolute atomic E-state index is 5.77. The Balaban J connectivity index is 2.24. The largest absolute Gasteiger partial charge is 0.340 e. The number of nitrogens with zero attached hydrogens (tertiary/aromatic N) is 2. The molecule has 16 heavy (non-hydrogen) atoms. The van der Waals surface area contributed by atoms with Crippen molar-refractivity contribution in [2.75, 3.05) is 5.32 Å². The number of hydrogen-bond acceptors (Lipinski definition) is 3. The standard InChI is InChI=1S/C11H9BrClN3/c1-7-2-3-8(4-9(7)12)16-11-5-10(13)14-6-15-11/h2-6H,1H3,(H,14,15,16). The number of benzene rings is 1. The monoisotopic (exact) mass is 297 g/mol. The highest BCUT2D eigenvalue weighted by atomic mass is 79.9. The van der Waals surface area contributed by atoms with Crippen LogP contribution in [0.5, 0.6) is 0 Å². The van der Waals surface area contributed by atoms with E-state index in [9.17, 15) is 0 Å². The van der Waals surface area contributed by atoms with E-state index in [2.05, 4.69) is 31.2 Å². The van der Waals surface area contributed by atoms with Crippen LogP contribution in [0.1, 0.15) is 5.56 Å². The third-order valence-electron chi connectivity index (χ3n) is 2.08. The van der Waals surface area contributed by atoms with Crippen molar-refractivity contribution in [1.82, 2.24) is 9.97 Å². The number of halogens is 2. The number of anilines is 2. The minimum Gasteiger partial charge on any atom is -0.340 e. The van der Waals surface area contributed by atoms with Crippen molar-refractivity contribution < 1.29 is 0 Å². The number of nitrogens with one attached hydrogen (secondary N) is 1. The van der Waals surface area contributed by atoms with Crippen LogP contribution in [0, 0.1) is 6.92 Å². The maximum Gasteiger partial charge on any atom is 0.135 e. The average Bonchev–Trinajstić information content (AvgIpc) is 2.24. The minimum atomic E-state index is 0.420. The molecule has 82 valence electrons. The topological polar surface area (TPSA) is 37.8 Å². The Kier molecular flexibility index (Phi) is 3.41. The van der Waals surface area contributed by atoms with Crippen LogP contribution >= 0.6 is 27.5 Å². The second kappa shape index (κ2) is 4.80. The third kappa shape index (κ3) is 2.71. The predicted molar refractivity (Wildman–Crippen MR) is 69.2 cm³/mol. The fraction of sp³-hybridized carbons (Fsp3) is 0.0909.